The van der Waals surface area contributed by atoms with E-state index < -0.39 is 5.97 Å². The fourth-order valence-corrected chi connectivity index (χ4v) is 14.6. The number of Topliss-reactive ketones (excluding diaryl/α,β-unsaturated/α-hetero) is 2. The largest absolute Gasteiger partial charge is 0.481 e. The number of nitrogens with one attached hydrogen (secondary N) is 5. The summed E-state index contributed by atoms with van der Waals surface area (Å²) >= 11 is 9.75. The molecule has 0 fully saturated rings. The maximum absolute atomic E-state index is 12.2. The van der Waals surface area contributed by atoms with E-state index in [1.165, 1.54) is 42.7 Å². The number of nitrogens with zero attached hydrogens (tertiary/aromatic N) is 3. The van der Waals surface area contributed by atoms with Crippen LogP contribution in [0.5, 0.6) is 0 Å². The van der Waals surface area contributed by atoms with E-state index in [4.69, 9.17) is 88.4 Å². The van der Waals surface area contributed by atoms with Gasteiger partial charge >= 0.3 is 5.97 Å². The van der Waals surface area contributed by atoms with Crippen molar-refractivity contribution in [1.29, 1.82) is 0 Å². The molecule has 0 saturated heterocycles. The van der Waals surface area contributed by atoms with Crippen LogP contribution < -0.4 is 38.1 Å². The molecule has 0 aliphatic carbocycles. The van der Waals surface area contributed by atoms with Crippen molar-refractivity contribution in [2.75, 3.05) is 222 Å². The zero-order chi connectivity index (χ0) is 90.7. The molecule has 0 atom stereocenters. The van der Waals surface area contributed by atoms with Crippen molar-refractivity contribution in [2.45, 2.75) is 105 Å². The summed E-state index contributed by atoms with van der Waals surface area (Å²) in [5.74, 6) is -0.506. The number of rotatable bonds is 64. The number of carbonyl (C=O) groups excluding carboxylic acids is 5. The lowest BCUT2D eigenvalue weighted by atomic mass is 10.0. The number of aliphatic carboxylic acids is 1. The number of anilines is 2. The summed E-state index contributed by atoms with van der Waals surface area (Å²) in [5.41, 5.74) is 23.1. The molecule has 3 amide bonds. The van der Waals surface area contributed by atoms with Crippen LogP contribution in [0.1, 0.15) is 99.8 Å². The number of amides is 3. The zero-order valence-electron chi connectivity index (χ0n) is 74.2. The summed E-state index contributed by atoms with van der Waals surface area (Å²) in [6.07, 6.45) is 7.93. The molecule has 0 unspecified atom stereocenters. The second-order valence-electron chi connectivity index (χ2n) is 28.4. The molecule has 10 N–H and O–H groups in total. The average molecular weight is 1830 g/mol. The smallest absolute Gasteiger partial charge is 0.305 e. The number of benzene rings is 6. The van der Waals surface area contributed by atoms with Gasteiger partial charge in [0.25, 0.3) is 0 Å². The van der Waals surface area contributed by atoms with Gasteiger partial charge in [-0.05, 0) is 154 Å². The number of fused-ring (bicyclic) bond motifs is 3. The minimum atomic E-state index is -0.878. The van der Waals surface area contributed by atoms with E-state index in [0.717, 1.165) is 78.9 Å². The number of carboxylic acids is 1. The van der Waals surface area contributed by atoms with Gasteiger partial charge in [-0.2, -0.15) is 0 Å². The Morgan fingerprint density at radius 3 is 1.06 bits per heavy atom. The van der Waals surface area contributed by atoms with E-state index >= 15 is 0 Å². The van der Waals surface area contributed by atoms with Crippen LogP contribution in [0.2, 0.25) is 0 Å². The number of carbonyl (C=O) groups is 6. The molecule has 29 nitrogen and oxygen atoms in total. The molecule has 0 aliphatic rings. The first kappa shape index (κ1) is 108. The van der Waals surface area contributed by atoms with Crippen molar-refractivity contribution < 1.29 is 90.7 Å². The maximum atomic E-state index is 12.2. The normalized spacial score (nSPS) is 10.9. The van der Waals surface area contributed by atoms with Crippen LogP contribution in [-0.4, -0.2) is 267 Å². The minimum absolute atomic E-state index is 0.00763. The zero-order valence-corrected chi connectivity index (χ0v) is 77.4. The van der Waals surface area contributed by atoms with Gasteiger partial charge in [0.1, 0.15) is 26.6 Å². The van der Waals surface area contributed by atoms with Crippen LogP contribution in [0, 0.1) is 20.8 Å². The SMILES string of the molecule is CCC(=O)CCCNC(=O)CCOCCOCCOCCOCCNC(=O)CCNc1ccc(-c2nc3ccc(C)cc3s2)cc1.CCl.COCCOCCOCCOCCCC(=O)CCCc1ccc(-c2nc3ccc(C)cc3s2)cc1.Cc1ccc2nc(-c3ccc(NCCC(=O)NCCOCCOCCOCCOCCC(=O)O)cc3)sc2c1.NCCN. The predicted molar refractivity (Wildman–Crippen MR) is 504 cm³/mol. The molecule has 9 aromatic rings. The summed E-state index contributed by atoms with van der Waals surface area (Å²) < 4.78 is 67.9. The van der Waals surface area contributed by atoms with E-state index in [0.29, 0.717) is 242 Å². The number of thiazole rings is 3. The van der Waals surface area contributed by atoms with Crippen molar-refractivity contribution in [3.63, 3.8) is 0 Å². The van der Waals surface area contributed by atoms with Crippen LogP contribution in [0.4, 0.5) is 11.4 Å². The van der Waals surface area contributed by atoms with E-state index in [1.54, 1.807) is 41.1 Å². The molecular weight excluding hydrogens is 1690 g/mol. The number of ether oxygens (including phenoxy) is 12. The first-order chi connectivity index (χ1) is 61.5. The fourth-order valence-electron chi connectivity index (χ4n) is 11.4. The molecule has 0 aliphatic heterocycles. The summed E-state index contributed by atoms with van der Waals surface area (Å²) in [7, 11) is 1.65. The van der Waals surface area contributed by atoms with E-state index in [2.05, 4.69) is 138 Å². The molecular formula is C93H133ClN10O19S3. The Kier molecular flexibility index (Phi) is 59.7. The Morgan fingerprint density at radius 1 is 0.357 bits per heavy atom. The summed E-state index contributed by atoms with van der Waals surface area (Å²) in [5, 5.41) is 26.6. The van der Waals surface area contributed by atoms with Gasteiger partial charge in [-0.1, -0.05) is 49.4 Å². The number of aromatic nitrogens is 3. The van der Waals surface area contributed by atoms with Gasteiger partial charge in [0.2, 0.25) is 17.7 Å². The Bertz CT molecular complexity index is 4430. The Hall–Kier alpha value is -8.46. The van der Waals surface area contributed by atoms with Crippen LogP contribution in [0.3, 0.4) is 0 Å². The highest BCUT2D eigenvalue weighted by Crippen LogP contribution is 2.34. The first-order valence-electron chi connectivity index (χ1n) is 43.1. The van der Waals surface area contributed by atoms with Gasteiger partial charge in [-0.3, -0.25) is 28.8 Å². The third-order valence-corrected chi connectivity index (χ3v) is 21.3. The van der Waals surface area contributed by atoms with Crippen molar-refractivity contribution in [2.24, 2.45) is 11.5 Å². The number of alkyl halides is 1. The van der Waals surface area contributed by atoms with Gasteiger partial charge in [-0.15, -0.1) is 45.6 Å². The number of carboxylic acid groups (broad SMARTS) is 1. The van der Waals surface area contributed by atoms with Crippen molar-refractivity contribution >= 4 is 123 Å². The second-order valence-corrected chi connectivity index (χ2v) is 31.5. The molecule has 0 spiro atoms. The Morgan fingerprint density at radius 2 is 0.683 bits per heavy atom. The van der Waals surface area contributed by atoms with Crippen LogP contribution in [0.15, 0.2) is 127 Å². The number of hydrogen-bond donors (Lipinski definition) is 8. The lowest BCUT2D eigenvalue weighted by Gasteiger charge is -2.09. The third kappa shape index (κ3) is 49.8. The Labute approximate surface area is 759 Å². The molecule has 0 radical (unpaired) electrons. The predicted octanol–water partition coefficient (Wildman–Crippen LogP) is 13.7. The van der Waals surface area contributed by atoms with Crippen LogP contribution in [0.25, 0.3) is 62.4 Å². The van der Waals surface area contributed by atoms with E-state index in [9.17, 15) is 28.8 Å². The highest BCUT2D eigenvalue weighted by atomic mass is 35.5. The number of nitrogens with two attached hydrogens (primary N) is 2. The van der Waals surface area contributed by atoms with Crippen LogP contribution in [-0.2, 0) is 92.0 Å². The third-order valence-electron chi connectivity index (χ3n) is 18.1. The highest BCUT2D eigenvalue weighted by Gasteiger charge is 2.13. The summed E-state index contributed by atoms with van der Waals surface area (Å²) in [6, 6.07) is 43.8. The van der Waals surface area contributed by atoms with Crippen molar-refractivity contribution in [1.82, 2.24) is 30.9 Å². The van der Waals surface area contributed by atoms with Crippen molar-refractivity contribution in [3.8, 4) is 31.7 Å². The van der Waals surface area contributed by atoms with E-state index in [-0.39, 0.29) is 43.0 Å². The van der Waals surface area contributed by atoms with Crippen molar-refractivity contribution in [3.05, 3.63) is 150 Å². The lowest BCUT2D eigenvalue weighted by Crippen LogP contribution is -2.29. The molecule has 0 saturated carbocycles. The molecule has 3 aromatic heterocycles. The number of halogens is 1. The van der Waals surface area contributed by atoms with Gasteiger partial charge in [-0.25, -0.2) is 15.0 Å². The van der Waals surface area contributed by atoms with Gasteiger partial charge in [0, 0.05) is 139 Å². The molecule has 3 heterocycles. The molecule has 33 heteroatoms. The number of hydrogen-bond acceptors (Lipinski definition) is 28. The summed E-state index contributed by atoms with van der Waals surface area (Å²) in [6.45, 7) is 22.2. The number of methoxy groups -OCH3 is 1. The van der Waals surface area contributed by atoms with E-state index in [1.807, 2.05) is 55.5 Å². The second kappa shape index (κ2) is 69.6. The Balaban J connectivity index is 0.000000327. The minimum Gasteiger partial charge on any atom is -0.481 e. The summed E-state index contributed by atoms with van der Waals surface area (Å²) in [4.78, 5) is 83.8. The molecule has 126 heavy (non-hydrogen) atoms. The van der Waals surface area contributed by atoms with Gasteiger partial charge in [0.05, 0.1) is 182 Å². The number of aryl methyl sites for hydroxylation is 4. The van der Waals surface area contributed by atoms with Gasteiger partial charge in [0.15, 0.2) is 0 Å². The van der Waals surface area contributed by atoms with Crippen LogP contribution >= 0.6 is 45.6 Å². The average Bonchev–Trinajstić information content (AvgIpc) is 1.68. The molecule has 694 valence electrons. The van der Waals surface area contributed by atoms with Gasteiger partial charge < -0.3 is 100 Å². The standard InChI is InChI=1S/C34H48N4O7S.C28H37N3O7S.C28H37NO5S.C2H8N2.CH3Cl/c1-3-29(39)5-4-14-36-33(41)13-17-42-19-21-44-23-24-45-22-20-43-18-16-37-32(40)12-15-35-28-9-7-27(8-10-28)34-38-30-11-6-26(2)25-31(30)46-34;1-21-2-7-24-25(20-21)39-28(31-24)22-3-5-23(6-4-22)29-10-8-26(32)30-11-13-36-15-17-38-19-18-37-16-14-35-12-9-27(33)34;1-22-8-13-26-27(21-22)35-28(29-26)24-11-9-23(10-12-24)5-3-6-25(30)7-4-14-32-17-18-34-20-19-33-16-15-31-2;3-1-2-4;1-2/h6-11,25,35H,3-5,12-24H2,1-2H3,(H,36,41)(H,37,40);2-7,20,29H,8-19H2,1H3,(H,30,32)(H,33,34);8-13,21H,3-7,14-20H2,1-2H3;1-4H2;1H3. The number of ketones is 2. The topological polar surface area (TPSA) is 384 Å². The lowest BCUT2D eigenvalue weighted by molar-refractivity contribution is -0.138. The molecule has 0 bridgehead atoms. The first-order valence-corrected chi connectivity index (χ1v) is 46.3. The quantitative estimate of drug-likeness (QED) is 0.0130. The maximum Gasteiger partial charge on any atom is 0.305 e. The highest BCUT2D eigenvalue weighted by molar-refractivity contribution is 7.22. The monoisotopic (exact) mass is 1820 g/mol. The fraction of sp³-hybridized carbons (Fsp3) is 0.516. The molecule has 9 rings (SSSR count). The molecule has 6 aromatic carbocycles.